The molecule has 2 aliphatic heterocycles. The van der Waals surface area contributed by atoms with Gasteiger partial charge in [-0.05, 0) is 25.0 Å². The minimum atomic E-state index is -4.45. The average Bonchev–Trinajstić information content (AvgIpc) is 3.37. The summed E-state index contributed by atoms with van der Waals surface area (Å²) in [6.45, 7) is 0.785. The van der Waals surface area contributed by atoms with E-state index in [-0.39, 0.29) is 23.1 Å². The number of amides is 1. The minimum absolute atomic E-state index is 0.0476. The van der Waals surface area contributed by atoms with E-state index in [1.807, 2.05) is 0 Å². The number of carbonyl (C=O) groups excluding carboxylic acids is 1. The lowest BCUT2D eigenvalue weighted by atomic mass is 10.0. The predicted molar refractivity (Wildman–Crippen MR) is 93.0 cm³/mol. The van der Waals surface area contributed by atoms with Gasteiger partial charge in [0.05, 0.1) is 35.3 Å². The van der Waals surface area contributed by atoms with Crippen LogP contribution in [0.5, 0.6) is 0 Å². The molecule has 4 rings (SSSR count). The molecule has 154 valence electrons. The second kappa shape index (κ2) is 7.39. The number of rotatable bonds is 3. The number of nitrogens with one attached hydrogen (secondary N) is 2. The normalized spacial score (nSPS) is 19.9. The topological polar surface area (TPSA) is 73.5 Å². The first-order valence-electron chi connectivity index (χ1n) is 8.90. The summed E-state index contributed by atoms with van der Waals surface area (Å²) in [5.74, 6) is -0.918. The van der Waals surface area contributed by atoms with Gasteiger partial charge in [-0.2, -0.15) is 13.2 Å². The number of pyridine rings is 1. The fourth-order valence-corrected chi connectivity index (χ4v) is 3.37. The molecule has 2 aromatic heterocycles. The van der Waals surface area contributed by atoms with Gasteiger partial charge in [-0.3, -0.25) is 14.8 Å². The first-order chi connectivity index (χ1) is 13.8. The van der Waals surface area contributed by atoms with E-state index in [1.54, 1.807) is 5.01 Å². The second-order valence-corrected chi connectivity index (χ2v) is 6.80. The van der Waals surface area contributed by atoms with Gasteiger partial charge in [0.1, 0.15) is 0 Å². The van der Waals surface area contributed by atoms with Crippen molar-refractivity contribution in [3.63, 3.8) is 0 Å². The Morgan fingerprint density at radius 3 is 2.90 bits per heavy atom. The summed E-state index contributed by atoms with van der Waals surface area (Å²) in [4.78, 5) is 25.6. The van der Waals surface area contributed by atoms with Crippen LogP contribution in [0.1, 0.15) is 34.5 Å². The third-order valence-electron chi connectivity index (χ3n) is 4.87. The highest BCUT2D eigenvalue weighted by Crippen LogP contribution is 2.32. The van der Waals surface area contributed by atoms with Gasteiger partial charge in [0.2, 0.25) is 0 Å². The molecular weight excluding hydrogens is 394 g/mol. The van der Waals surface area contributed by atoms with Gasteiger partial charge in [-0.15, -0.1) is 0 Å². The minimum Gasteiger partial charge on any atom is -0.385 e. The monoisotopic (exact) mass is 411 g/mol. The quantitative estimate of drug-likeness (QED) is 0.760. The molecule has 0 radical (unpaired) electrons. The number of likely N-dealkylation sites (tertiary alicyclic amines) is 1. The van der Waals surface area contributed by atoms with Gasteiger partial charge in [0.25, 0.3) is 5.91 Å². The summed E-state index contributed by atoms with van der Waals surface area (Å²) in [7, 11) is 0. The molecule has 11 heteroatoms. The number of aromatic amines is 1. The summed E-state index contributed by atoms with van der Waals surface area (Å²) >= 11 is 0. The lowest BCUT2D eigenvalue weighted by Crippen LogP contribution is -2.50. The van der Waals surface area contributed by atoms with Gasteiger partial charge in [0, 0.05) is 25.5 Å². The standard InChI is InChI=1S/C18H17F4N5O2/c19-14-8-23-4-3-13(14)17(28)26-5-1-2-12(9-26)27-10-16(29-25-27)15-6-11(7-24-15)18(20,21)22/h3-4,6-8,10,12,24-25H,1-2,5,9H2/t12-/m0/s1. The van der Waals surface area contributed by atoms with Crippen LogP contribution in [-0.4, -0.2) is 44.9 Å². The molecule has 1 saturated heterocycles. The Bertz CT molecular complexity index is 942. The smallest absolute Gasteiger partial charge is 0.385 e. The van der Waals surface area contributed by atoms with Gasteiger partial charge in [-0.1, -0.05) is 5.59 Å². The fraction of sp³-hybridized carbons (Fsp3) is 0.333. The van der Waals surface area contributed by atoms with E-state index in [1.165, 1.54) is 23.4 Å². The second-order valence-electron chi connectivity index (χ2n) is 6.80. The SMILES string of the molecule is O=C(c1ccncc1F)N1CCC[C@H](N2C=C(c3cc(C(F)(F)F)c[nH]3)ON2)C1. The number of carbonyl (C=O) groups is 1. The molecular formula is C18H17F4N5O2. The number of hydrogen-bond donors (Lipinski definition) is 2. The van der Waals surface area contributed by atoms with Crippen LogP contribution in [0.2, 0.25) is 0 Å². The maximum absolute atomic E-state index is 13.9. The van der Waals surface area contributed by atoms with Gasteiger partial charge in [-0.25, -0.2) is 4.39 Å². The highest BCUT2D eigenvalue weighted by atomic mass is 19.4. The van der Waals surface area contributed by atoms with Crippen LogP contribution < -0.4 is 5.59 Å². The van der Waals surface area contributed by atoms with E-state index in [9.17, 15) is 22.4 Å². The van der Waals surface area contributed by atoms with Crippen molar-refractivity contribution >= 4 is 11.7 Å². The number of hydrazine groups is 1. The first-order valence-corrected chi connectivity index (χ1v) is 8.90. The molecule has 0 bridgehead atoms. The van der Waals surface area contributed by atoms with E-state index in [4.69, 9.17) is 4.84 Å². The number of H-pyrrole nitrogens is 1. The molecule has 0 saturated carbocycles. The van der Waals surface area contributed by atoms with Crippen molar-refractivity contribution in [2.24, 2.45) is 0 Å². The molecule has 0 aliphatic carbocycles. The van der Waals surface area contributed by atoms with E-state index < -0.39 is 23.5 Å². The number of halogens is 4. The molecule has 4 heterocycles. The predicted octanol–water partition coefficient (Wildman–Crippen LogP) is 2.92. The maximum Gasteiger partial charge on any atom is 0.417 e. The molecule has 2 aliphatic rings. The molecule has 2 N–H and O–H groups in total. The van der Waals surface area contributed by atoms with E-state index in [2.05, 4.69) is 15.6 Å². The Morgan fingerprint density at radius 2 is 2.17 bits per heavy atom. The summed E-state index contributed by atoms with van der Waals surface area (Å²) in [6, 6.07) is 2.10. The zero-order chi connectivity index (χ0) is 20.6. The Labute approximate surface area is 162 Å². The molecule has 0 unspecified atom stereocenters. The van der Waals surface area contributed by atoms with Crippen molar-refractivity contribution < 1.29 is 27.2 Å². The van der Waals surface area contributed by atoms with Crippen molar-refractivity contribution in [3.05, 3.63) is 59.6 Å². The summed E-state index contributed by atoms with van der Waals surface area (Å²) in [5, 5.41) is 1.60. The van der Waals surface area contributed by atoms with Crippen molar-refractivity contribution in [3.8, 4) is 0 Å². The average molecular weight is 411 g/mol. The summed E-state index contributed by atoms with van der Waals surface area (Å²) < 4.78 is 52.2. The largest absolute Gasteiger partial charge is 0.417 e. The lowest BCUT2D eigenvalue weighted by molar-refractivity contribution is -0.137. The first kappa shape index (κ1) is 19.2. The van der Waals surface area contributed by atoms with Crippen molar-refractivity contribution in [2.45, 2.75) is 25.1 Å². The number of hydrogen-bond acceptors (Lipinski definition) is 5. The Balaban J connectivity index is 1.46. The third-order valence-corrected chi connectivity index (χ3v) is 4.87. The number of alkyl halides is 3. The van der Waals surface area contributed by atoms with Gasteiger partial charge in [0.15, 0.2) is 11.6 Å². The van der Waals surface area contributed by atoms with Crippen molar-refractivity contribution in [1.82, 2.24) is 25.5 Å². The van der Waals surface area contributed by atoms with Crippen LogP contribution >= 0.6 is 0 Å². The fourth-order valence-electron chi connectivity index (χ4n) is 3.37. The van der Waals surface area contributed by atoms with Gasteiger partial charge >= 0.3 is 6.18 Å². The zero-order valence-electron chi connectivity index (χ0n) is 15.0. The molecule has 1 atom stereocenters. The van der Waals surface area contributed by atoms with Crippen LogP contribution in [0.4, 0.5) is 17.6 Å². The molecule has 1 amide bonds. The number of nitrogens with zero attached hydrogens (tertiary/aromatic N) is 3. The Hall–Kier alpha value is -3.08. The number of aromatic nitrogens is 2. The Morgan fingerprint density at radius 1 is 1.34 bits per heavy atom. The summed E-state index contributed by atoms with van der Waals surface area (Å²) in [6.07, 6.45) is 1.71. The van der Waals surface area contributed by atoms with Crippen LogP contribution in [0.15, 0.2) is 36.9 Å². The highest BCUT2D eigenvalue weighted by molar-refractivity contribution is 5.94. The summed E-state index contributed by atoms with van der Waals surface area (Å²) in [5.41, 5.74) is 1.98. The molecule has 1 fully saturated rings. The number of piperidine rings is 1. The molecule has 7 nitrogen and oxygen atoms in total. The molecule has 29 heavy (non-hydrogen) atoms. The zero-order valence-corrected chi connectivity index (χ0v) is 15.0. The van der Waals surface area contributed by atoms with Crippen LogP contribution in [-0.2, 0) is 11.0 Å². The van der Waals surface area contributed by atoms with E-state index >= 15 is 0 Å². The van der Waals surface area contributed by atoms with Crippen LogP contribution in [0.3, 0.4) is 0 Å². The van der Waals surface area contributed by atoms with E-state index in [0.29, 0.717) is 19.5 Å². The third kappa shape index (κ3) is 3.90. The molecule has 2 aromatic rings. The Kier molecular flexibility index (Phi) is 4.91. The van der Waals surface area contributed by atoms with Crippen molar-refractivity contribution in [1.29, 1.82) is 0 Å². The van der Waals surface area contributed by atoms with E-state index in [0.717, 1.165) is 24.9 Å². The highest BCUT2D eigenvalue weighted by Gasteiger charge is 2.34. The van der Waals surface area contributed by atoms with Crippen LogP contribution in [0.25, 0.3) is 5.76 Å². The van der Waals surface area contributed by atoms with Gasteiger partial charge < -0.3 is 14.7 Å². The van der Waals surface area contributed by atoms with Crippen LogP contribution in [0, 0.1) is 5.82 Å². The molecule has 0 aromatic carbocycles. The lowest BCUT2D eigenvalue weighted by Gasteiger charge is -2.36. The maximum atomic E-state index is 13.9. The van der Waals surface area contributed by atoms with Crippen molar-refractivity contribution in [2.75, 3.05) is 13.1 Å². The molecule has 0 spiro atoms.